The predicted octanol–water partition coefficient (Wildman–Crippen LogP) is 2.33. The molecule has 1 atom stereocenters. The summed E-state index contributed by atoms with van der Waals surface area (Å²) in [6, 6.07) is 3.78. The maximum Gasteiger partial charge on any atom is 0.252 e. The summed E-state index contributed by atoms with van der Waals surface area (Å²) in [4.78, 5) is 12.2. The molecule has 3 nitrogen and oxygen atoms in total. The largest absolute Gasteiger partial charge is 0.384 e. The van der Waals surface area contributed by atoms with Crippen molar-refractivity contribution in [2.75, 3.05) is 6.61 Å². The van der Waals surface area contributed by atoms with E-state index in [9.17, 15) is 9.18 Å². The number of carbonyl (C=O) groups excluding carboxylic acids is 1. The summed E-state index contributed by atoms with van der Waals surface area (Å²) < 4.78 is 13.2. The SMILES string of the molecule is CC(NC(=O)c1ccc(F)cc1C#CCO)C(C)(C)C. The third-order valence-corrected chi connectivity index (χ3v) is 3.17. The summed E-state index contributed by atoms with van der Waals surface area (Å²) >= 11 is 0. The Balaban J connectivity index is 3.04. The Kier molecular flexibility index (Phi) is 5.29. The Bertz CT molecular complexity index is 550. The van der Waals surface area contributed by atoms with Gasteiger partial charge in [-0.05, 0) is 30.5 Å². The molecule has 108 valence electrons. The molecule has 0 radical (unpaired) electrons. The minimum absolute atomic E-state index is 0.0429. The molecule has 0 saturated carbocycles. The van der Waals surface area contributed by atoms with Gasteiger partial charge in [0.25, 0.3) is 5.91 Å². The van der Waals surface area contributed by atoms with E-state index < -0.39 is 5.82 Å². The number of halogens is 1. The average Bonchev–Trinajstić information content (AvgIpc) is 2.35. The molecule has 0 bridgehead atoms. The van der Waals surface area contributed by atoms with Crippen LogP contribution in [-0.4, -0.2) is 23.7 Å². The van der Waals surface area contributed by atoms with E-state index in [4.69, 9.17) is 5.11 Å². The van der Waals surface area contributed by atoms with Gasteiger partial charge in [0.15, 0.2) is 0 Å². The van der Waals surface area contributed by atoms with Crippen LogP contribution < -0.4 is 5.32 Å². The number of rotatable bonds is 2. The maximum absolute atomic E-state index is 13.2. The van der Waals surface area contributed by atoms with Gasteiger partial charge in [0, 0.05) is 11.6 Å². The van der Waals surface area contributed by atoms with E-state index in [-0.39, 0.29) is 29.5 Å². The second-order valence-corrected chi connectivity index (χ2v) is 5.71. The summed E-state index contributed by atoms with van der Waals surface area (Å²) in [5, 5.41) is 11.6. The predicted molar refractivity (Wildman–Crippen MR) is 76.7 cm³/mol. The van der Waals surface area contributed by atoms with Gasteiger partial charge in [0.1, 0.15) is 12.4 Å². The lowest BCUT2D eigenvalue weighted by molar-refractivity contribution is 0.0910. The number of carbonyl (C=O) groups is 1. The van der Waals surface area contributed by atoms with Crippen LogP contribution in [0.4, 0.5) is 4.39 Å². The Morgan fingerprint density at radius 1 is 1.45 bits per heavy atom. The van der Waals surface area contributed by atoms with Crippen LogP contribution in [0.15, 0.2) is 18.2 Å². The fourth-order valence-electron chi connectivity index (χ4n) is 1.44. The van der Waals surface area contributed by atoms with Gasteiger partial charge in [-0.15, -0.1) is 0 Å². The van der Waals surface area contributed by atoms with Gasteiger partial charge < -0.3 is 10.4 Å². The number of benzene rings is 1. The first-order valence-electron chi connectivity index (χ1n) is 6.46. The summed E-state index contributed by atoms with van der Waals surface area (Å²) in [5.41, 5.74) is 0.508. The molecule has 0 heterocycles. The zero-order valence-electron chi connectivity index (χ0n) is 12.2. The van der Waals surface area contributed by atoms with Crippen molar-refractivity contribution in [2.45, 2.75) is 33.7 Å². The van der Waals surface area contributed by atoms with Crippen molar-refractivity contribution in [3.05, 3.63) is 35.1 Å². The molecule has 0 saturated heterocycles. The first kappa shape index (κ1) is 16.2. The van der Waals surface area contributed by atoms with Gasteiger partial charge in [-0.1, -0.05) is 32.6 Å². The molecule has 0 aliphatic heterocycles. The third kappa shape index (κ3) is 4.36. The molecule has 1 aromatic rings. The first-order chi connectivity index (χ1) is 9.25. The molecular weight excluding hydrogens is 257 g/mol. The highest BCUT2D eigenvalue weighted by molar-refractivity contribution is 5.96. The normalized spacial score (nSPS) is 12.3. The molecule has 20 heavy (non-hydrogen) atoms. The van der Waals surface area contributed by atoms with Crippen LogP contribution in [0, 0.1) is 23.1 Å². The lowest BCUT2D eigenvalue weighted by Gasteiger charge is -2.28. The van der Waals surface area contributed by atoms with Gasteiger partial charge in [0.2, 0.25) is 0 Å². The van der Waals surface area contributed by atoms with Gasteiger partial charge >= 0.3 is 0 Å². The van der Waals surface area contributed by atoms with Crippen LogP contribution in [0.3, 0.4) is 0 Å². The monoisotopic (exact) mass is 277 g/mol. The van der Waals surface area contributed by atoms with Crippen molar-refractivity contribution in [3.63, 3.8) is 0 Å². The lowest BCUT2D eigenvalue weighted by atomic mass is 9.88. The first-order valence-corrected chi connectivity index (χ1v) is 6.46. The molecule has 4 heteroatoms. The molecule has 0 fully saturated rings. The van der Waals surface area contributed by atoms with Crippen LogP contribution in [0.5, 0.6) is 0 Å². The number of aliphatic hydroxyl groups is 1. The molecule has 1 aromatic carbocycles. The molecule has 0 aliphatic rings. The fraction of sp³-hybridized carbons (Fsp3) is 0.438. The number of nitrogens with one attached hydrogen (secondary N) is 1. The minimum atomic E-state index is -0.465. The van der Waals surface area contributed by atoms with Crippen molar-refractivity contribution in [1.82, 2.24) is 5.32 Å². The van der Waals surface area contributed by atoms with E-state index in [0.29, 0.717) is 5.56 Å². The van der Waals surface area contributed by atoms with Crippen LogP contribution in [0.1, 0.15) is 43.6 Å². The van der Waals surface area contributed by atoms with Crippen LogP contribution in [0.2, 0.25) is 0 Å². The maximum atomic E-state index is 13.2. The number of aliphatic hydroxyl groups excluding tert-OH is 1. The zero-order chi connectivity index (χ0) is 15.3. The van der Waals surface area contributed by atoms with Crippen LogP contribution >= 0.6 is 0 Å². The fourth-order valence-corrected chi connectivity index (χ4v) is 1.44. The highest BCUT2D eigenvalue weighted by atomic mass is 19.1. The molecule has 2 N–H and O–H groups in total. The highest BCUT2D eigenvalue weighted by Gasteiger charge is 2.23. The Hall–Kier alpha value is -1.86. The van der Waals surface area contributed by atoms with E-state index in [0.717, 1.165) is 0 Å². The Morgan fingerprint density at radius 3 is 2.65 bits per heavy atom. The minimum Gasteiger partial charge on any atom is -0.384 e. The highest BCUT2D eigenvalue weighted by Crippen LogP contribution is 2.19. The number of hydrogen-bond acceptors (Lipinski definition) is 2. The van der Waals surface area contributed by atoms with E-state index >= 15 is 0 Å². The molecular formula is C16H20FNO2. The average molecular weight is 277 g/mol. The summed E-state index contributed by atoms with van der Waals surface area (Å²) in [5.74, 6) is 4.26. The molecule has 0 aromatic heterocycles. The summed E-state index contributed by atoms with van der Waals surface area (Å²) in [6.45, 7) is 7.65. The van der Waals surface area contributed by atoms with Crippen molar-refractivity contribution in [3.8, 4) is 11.8 Å². The summed E-state index contributed by atoms with van der Waals surface area (Å²) in [7, 11) is 0. The second-order valence-electron chi connectivity index (χ2n) is 5.71. The second kappa shape index (κ2) is 6.53. The zero-order valence-corrected chi connectivity index (χ0v) is 12.2. The van der Waals surface area contributed by atoms with E-state index in [1.165, 1.54) is 18.2 Å². The number of amides is 1. The summed E-state index contributed by atoms with van der Waals surface area (Å²) in [6.07, 6.45) is 0. The van der Waals surface area contributed by atoms with Gasteiger partial charge in [-0.3, -0.25) is 4.79 Å². The third-order valence-electron chi connectivity index (χ3n) is 3.17. The van der Waals surface area contributed by atoms with Crippen LogP contribution in [-0.2, 0) is 0 Å². The molecule has 1 amide bonds. The van der Waals surface area contributed by atoms with E-state index in [1.807, 2.05) is 27.7 Å². The smallest absolute Gasteiger partial charge is 0.252 e. The van der Waals surface area contributed by atoms with Gasteiger partial charge in [-0.25, -0.2) is 4.39 Å². The Morgan fingerprint density at radius 2 is 2.10 bits per heavy atom. The van der Waals surface area contributed by atoms with E-state index in [1.54, 1.807) is 0 Å². The topological polar surface area (TPSA) is 49.3 Å². The molecule has 1 unspecified atom stereocenters. The molecule has 0 spiro atoms. The van der Waals surface area contributed by atoms with Gasteiger partial charge in [0.05, 0.1) is 5.56 Å². The van der Waals surface area contributed by atoms with Crippen molar-refractivity contribution in [2.24, 2.45) is 5.41 Å². The van der Waals surface area contributed by atoms with Crippen molar-refractivity contribution >= 4 is 5.91 Å². The van der Waals surface area contributed by atoms with Crippen molar-refractivity contribution in [1.29, 1.82) is 0 Å². The van der Waals surface area contributed by atoms with Gasteiger partial charge in [-0.2, -0.15) is 0 Å². The lowest BCUT2D eigenvalue weighted by Crippen LogP contribution is -2.41. The Labute approximate surface area is 119 Å². The van der Waals surface area contributed by atoms with Crippen LogP contribution in [0.25, 0.3) is 0 Å². The van der Waals surface area contributed by atoms with E-state index in [2.05, 4.69) is 17.2 Å². The molecule has 1 rings (SSSR count). The molecule has 0 aliphatic carbocycles. The standard InChI is InChI=1S/C16H20FNO2/c1-11(16(2,3)4)18-15(20)14-8-7-13(17)10-12(14)6-5-9-19/h7-8,10-11,19H,9H2,1-4H3,(H,18,20). The van der Waals surface area contributed by atoms with Crippen molar-refractivity contribution < 1.29 is 14.3 Å². The number of hydrogen-bond donors (Lipinski definition) is 2. The quantitative estimate of drug-likeness (QED) is 0.815.